The van der Waals surface area contributed by atoms with E-state index < -0.39 is 14.8 Å². The number of ether oxygens (including phenoxy) is 2. The Morgan fingerprint density at radius 2 is 2.19 bits per heavy atom. The summed E-state index contributed by atoms with van der Waals surface area (Å²) in [5.41, 5.74) is 0. The molecule has 1 aliphatic heterocycles. The van der Waals surface area contributed by atoms with Crippen molar-refractivity contribution in [1.82, 2.24) is 4.72 Å². The van der Waals surface area contributed by atoms with Crippen LogP contribution in [0.1, 0.15) is 26.2 Å². The normalized spacial score (nSPS) is 32.9. The van der Waals surface area contributed by atoms with Crippen molar-refractivity contribution in [3.63, 3.8) is 0 Å². The van der Waals surface area contributed by atoms with Gasteiger partial charge in [0.2, 0.25) is 10.0 Å². The summed E-state index contributed by atoms with van der Waals surface area (Å²) in [6.07, 6.45) is 2.10. The van der Waals surface area contributed by atoms with Gasteiger partial charge in [-0.3, -0.25) is 0 Å². The van der Waals surface area contributed by atoms with E-state index in [-0.39, 0.29) is 18.8 Å². The summed E-state index contributed by atoms with van der Waals surface area (Å²) in [6.45, 7) is 2.81. The lowest BCUT2D eigenvalue weighted by Crippen LogP contribution is -2.46. The lowest BCUT2D eigenvalue weighted by molar-refractivity contribution is 0.116. The van der Waals surface area contributed by atoms with Gasteiger partial charge in [0.05, 0.1) is 12.7 Å². The fraction of sp³-hybridized carbons (Fsp3) is 1.00. The van der Waals surface area contributed by atoms with Crippen LogP contribution in [0.15, 0.2) is 0 Å². The van der Waals surface area contributed by atoms with Crippen molar-refractivity contribution in [2.24, 2.45) is 0 Å². The highest BCUT2D eigenvalue weighted by molar-refractivity contribution is 7.91. The van der Waals surface area contributed by atoms with E-state index in [0.29, 0.717) is 19.4 Å². The summed E-state index contributed by atoms with van der Waals surface area (Å²) < 4.78 is 36.7. The topological polar surface area (TPSA) is 64.6 Å². The Kier molecular flexibility index (Phi) is 3.27. The maximum atomic E-state index is 12.2. The minimum Gasteiger partial charge on any atom is -0.383 e. The van der Waals surface area contributed by atoms with Crippen LogP contribution in [-0.2, 0) is 19.5 Å². The molecular weight excluding hydrogens is 230 g/mol. The number of rotatable bonds is 5. The summed E-state index contributed by atoms with van der Waals surface area (Å²) in [7, 11) is -1.74. The van der Waals surface area contributed by atoms with Gasteiger partial charge >= 0.3 is 0 Å². The molecule has 2 unspecified atom stereocenters. The van der Waals surface area contributed by atoms with Gasteiger partial charge in [-0.25, -0.2) is 13.1 Å². The average molecular weight is 249 g/mol. The molecule has 2 aliphatic rings. The summed E-state index contributed by atoms with van der Waals surface area (Å²) in [5, 5.41) is 0. The van der Waals surface area contributed by atoms with Gasteiger partial charge < -0.3 is 9.47 Å². The van der Waals surface area contributed by atoms with Crippen molar-refractivity contribution in [3.8, 4) is 0 Å². The summed E-state index contributed by atoms with van der Waals surface area (Å²) >= 11 is 0. The number of nitrogens with one attached hydrogen (secondary N) is 1. The van der Waals surface area contributed by atoms with Crippen LogP contribution >= 0.6 is 0 Å². The maximum absolute atomic E-state index is 12.2. The first kappa shape index (κ1) is 12.3. The van der Waals surface area contributed by atoms with Crippen molar-refractivity contribution in [1.29, 1.82) is 0 Å². The Bertz CT molecular complexity index is 350. The number of sulfonamides is 1. The van der Waals surface area contributed by atoms with Crippen molar-refractivity contribution in [2.75, 3.05) is 20.3 Å². The van der Waals surface area contributed by atoms with E-state index in [0.717, 1.165) is 6.42 Å². The third kappa shape index (κ3) is 2.11. The molecule has 0 amide bonds. The zero-order valence-electron chi connectivity index (χ0n) is 9.73. The van der Waals surface area contributed by atoms with Crippen molar-refractivity contribution >= 4 is 10.0 Å². The molecular formula is C10H19NO4S. The van der Waals surface area contributed by atoms with Gasteiger partial charge in [-0.1, -0.05) is 0 Å². The van der Waals surface area contributed by atoms with E-state index in [4.69, 9.17) is 9.47 Å². The van der Waals surface area contributed by atoms with Gasteiger partial charge in [0, 0.05) is 19.8 Å². The van der Waals surface area contributed by atoms with Gasteiger partial charge in [0.15, 0.2) is 0 Å². The molecule has 1 saturated heterocycles. The second kappa shape index (κ2) is 4.25. The Balaban J connectivity index is 2.03. The average Bonchev–Trinajstić information content (AvgIpc) is 2.89. The lowest BCUT2D eigenvalue weighted by Gasteiger charge is -2.21. The first-order valence-corrected chi connectivity index (χ1v) is 7.11. The largest absolute Gasteiger partial charge is 0.383 e. The first-order chi connectivity index (χ1) is 7.51. The standard InChI is InChI=1S/C10H19NO4S/c1-8-9(3-6-15-8)11-16(12,13)10(4-5-10)7-14-2/h8-9,11H,3-7H2,1-2H3. The SMILES string of the molecule is COCC1(S(=O)(=O)NC2CCOC2C)CC1. The first-order valence-electron chi connectivity index (χ1n) is 5.63. The smallest absolute Gasteiger partial charge is 0.219 e. The van der Waals surface area contributed by atoms with Gasteiger partial charge in [-0.05, 0) is 26.2 Å². The molecule has 1 aliphatic carbocycles. The highest BCUT2D eigenvalue weighted by Crippen LogP contribution is 2.43. The minimum absolute atomic E-state index is 0.0341. The minimum atomic E-state index is -3.28. The molecule has 6 heteroatoms. The van der Waals surface area contributed by atoms with Crippen molar-refractivity contribution in [2.45, 2.75) is 43.1 Å². The molecule has 2 fully saturated rings. The molecule has 16 heavy (non-hydrogen) atoms. The Labute approximate surface area is 96.5 Å². The molecule has 1 N–H and O–H groups in total. The molecule has 0 spiro atoms. The van der Waals surface area contributed by atoms with Crippen LogP contribution in [0.25, 0.3) is 0 Å². The van der Waals surface area contributed by atoms with E-state index in [1.54, 1.807) is 0 Å². The quantitative estimate of drug-likeness (QED) is 0.759. The van der Waals surface area contributed by atoms with Crippen molar-refractivity contribution < 1.29 is 17.9 Å². The molecule has 0 bridgehead atoms. The van der Waals surface area contributed by atoms with E-state index >= 15 is 0 Å². The molecule has 0 aromatic rings. The van der Waals surface area contributed by atoms with Crippen LogP contribution in [0.2, 0.25) is 0 Å². The van der Waals surface area contributed by atoms with Gasteiger partial charge in [-0.15, -0.1) is 0 Å². The summed E-state index contributed by atoms with van der Waals surface area (Å²) in [4.78, 5) is 0. The number of hydrogen-bond acceptors (Lipinski definition) is 4. The summed E-state index contributed by atoms with van der Waals surface area (Å²) in [6, 6.07) is -0.0840. The Hall–Kier alpha value is -0.170. The highest BCUT2D eigenvalue weighted by Gasteiger charge is 2.55. The van der Waals surface area contributed by atoms with Gasteiger partial charge in [0.25, 0.3) is 0 Å². The van der Waals surface area contributed by atoms with Crippen LogP contribution in [0.5, 0.6) is 0 Å². The van der Waals surface area contributed by atoms with E-state index in [1.807, 2.05) is 6.92 Å². The molecule has 94 valence electrons. The molecule has 0 aromatic heterocycles. The zero-order valence-corrected chi connectivity index (χ0v) is 10.5. The molecule has 1 heterocycles. The van der Waals surface area contributed by atoms with Crippen molar-refractivity contribution in [3.05, 3.63) is 0 Å². The van der Waals surface area contributed by atoms with Crippen LogP contribution in [0.4, 0.5) is 0 Å². The fourth-order valence-corrected chi connectivity index (χ4v) is 3.97. The number of methoxy groups -OCH3 is 1. The molecule has 5 nitrogen and oxygen atoms in total. The van der Waals surface area contributed by atoms with Crippen LogP contribution in [0.3, 0.4) is 0 Å². The van der Waals surface area contributed by atoms with Crippen LogP contribution in [-0.4, -0.2) is 45.6 Å². The van der Waals surface area contributed by atoms with Crippen LogP contribution in [0, 0.1) is 0 Å². The Morgan fingerprint density at radius 1 is 1.50 bits per heavy atom. The van der Waals surface area contributed by atoms with Gasteiger partial charge in [0.1, 0.15) is 4.75 Å². The molecule has 0 aromatic carbocycles. The van der Waals surface area contributed by atoms with Crippen LogP contribution < -0.4 is 4.72 Å². The molecule has 1 saturated carbocycles. The lowest BCUT2D eigenvalue weighted by atomic mass is 10.2. The second-order valence-electron chi connectivity index (χ2n) is 4.71. The molecule has 2 atom stereocenters. The molecule has 2 rings (SSSR count). The third-order valence-electron chi connectivity index (χ3n) is 3.47. The Morgan fingerprint density at radius 3 is 2.62 bits per heavy atom. The number of hydrogen-bond donors (Lipinski definition) is 1. The van der Waals surface area contributed by atoms with Gasteiger partial charge in [-0.2, -0.15) is 0 Å². The van der Waals surface area contributed by atoms with E-state index in [9.17, 15) is 8.42 Å². The predicted molar refractivity (Wildman–Crippen MR) is 59.7 cm³/mol. The maximum Gasteiger partial charge on any atom is 0.219 e. The van der Waals surface area contributed by atoms with E-state index in [2.05, 4.69) is 4.72 Å². The second-order valence-corrected chi connectivity index (χ2v) is 6.82. The third-order valence-corrected chi connectivity index (χ3v) is 5.75. The zero-order chi connectivity index (χ0) is 11.8. The highest BCUT2D eigenvalue weighted by atomic mass is 32.2. The predicted octanol–water partition coefficient (Wildman–Crippen LogP) is 0.262. The van der Waals surface area contributed by atoms with E-state index in [1.165, 1.54) is 7.11 Å². The monoisotopic (exact) mass is 249 g/mol. The summed E-state index contributed by atoms with van der Waals surface area (Å²) in [5.74, 6) is 0. The fourth-order valence-electron chi connectivity index (χ4n) is 2.10. The molecule has 0 radical (unpaired) electrons.